The minimum Gasteiger partial charge on any atom is -0.461 e. The number of ether oxygens (including phenoxy) is 3. The summed E-state index contributed by atoms with van der Waals surface area (Å²) in [4.78, 5) is 16.9. The van der Waals surface area contributed by atoms with Crippen molar-refractivity contribution in [1.29, 1.82) is 0 Å². The van der Waals surface area contributed by atoms with E-state index >= 15 is 0 Å². The second-order valence-electron chi connectivity index (χ2n) is 5.49. The molecule has 1 fully saturated rings. The Morgan fingerprint density at radius 3 is 3.00 bits per heavy atom. The molecule has 2 aliphatic rings. The molecule has 2 aromatic rings. The van der Waals surface area contributed by atoms with Crippen LogP contribution in [-0.2, 0) is 4.74 Å². The van der Waals surface area contributed by atoms with E-state index in [1.165, 1.54) is 30.6 Å². The van der Waals surface area contributed by atoms with Gasteiger partial charge in [-0.05, 0) is 37.0 Å². The standard InChI is InChI=1S/C16H15NO4S/c18-16(19-8-10-2-1-3-10)14-7-17-15(22-14)11-4-5-12-13(6-11)21-9-20-12/h4-7,10H,1-3,8-9H2. The number of nitrogens with zero attached hydrogens (tertiary/aromatic N) is 1. The molecule has 22 heavy (non-hydrogen) atoms. The van der Waals surface area contributed by atoms with Crippen LogP contribution in [0.5, 0.6) is 11.5 Å². The van der Waals surface area contributed by atoms with Crippen molar-refractivity contribution in [3.05, 3.63) is 29.3 Å². The van der Waals surface area contributed by atoms with Crippen molar-refractivity contribution in [2.45, 2.75) is 19.3 Å². The first-order chi connectivity index (χ1) is 10.8. The number of hydrogen-bond acceptors (Lipinski definition) is 6. The molecule has 1 aromatic carbocycles. The van der Waals surface area contributed by atoms with E-state index in [2.05, 4.69) is 4.98 Å². The van der Waals surface area contributed by atoms with Crippen LogP contribution in [0.4, 0.5) is 0 Å². The summed E-state index contributed by atoms with van der Waals surface area (Å²) in [6.45, 7) is 0.769. The molecule has 1 aliphatic carbocycles. The molecule has 5 nitrogen and oxygen atoms in total. The highest BCUT2D eigenvalue weighted by Gasteiger charge is 2.21. The van der Waals surface area contributed by atoms with E-state index in [9.17, 15) is 4.79 Å². The van der Waals surface area contributed by atoms with Crippen molar-refractivity contribution >= 4 is 17.3 Å². The number of carbonyl (C=O) groups excluding carboxylic acids is 1. The number of carbonyl (C=O) groups is 1. The highest BCUT2D eigenvalue weighted by atomic mass is 32.1. The highest BCUT2D eigenvalue weighted by Crippen LogP contribution is 2.37. The van der Waals surface area contributed by atoms with Gasteiger partial charge in [-0.2, -0.15) is 0 Å². The highest BCUT2D eigenvalue weighted by molar-refractivity contribution is 7.16. The Morgan fingerprint density at radius 1 is 1.32 bits per heavy atom. The molecule has 1 aliphatic heterocycles. The van der Waals surface area contributed by atoms with Gasteiger partial charge in [0.25, 0.3) is 0 Å². The molecule has 1 saturated carbocycles. The first kappa shape index (κ1) is 13.6. The molecule has 2 heterocycles. The van der Waals surface area contributed by atoms with Gasteiger partial charge < -0.3 is 14.2 Å². The number of rotatable bonds is 4. The van der Waals surface area contributed by atoms with Gasteiger partial charge in [-0.15, -0.1) is 11.3 Å². The van der Waals surface area contributed by atoms with Gasteiger partial charge in [-0.1, -0.05) is 6.42 Å². The summed E-state index contributed by atoms with van der Waals surface area (Å²) >= 11 is 1.33. The lowest BCUT2D eigenvalue weighted by Gasteiger charge is -2.24. The minimum absolute atomic E-state index is 0.245. The van der Waals surface area contributed by atoms with Crippen LogP contribution in [-0.4, -0.2) is 24.4 Å². The molecule has 0 N–H and O–H groups in total. The third kappa shape index (κ3) is 2.54. The topological polar surface area (TPSA) is 57.7 Å². The van der Waals surface area contributed by atoms with Crippen molar-refractivity contribution in [1.82, 2.24) is 4.98 Å². The molecule has 0 radical (unpaired) electrons. The summed E-state index contributed by atoms with van der Waals surface area (Å²) in [5, 5.41) is 0.772. The van der Waals surface area contributed by atoms with Gasteiger partial charge in [-0.3, -0.25) is 0 Å². The van der Waals surface area contributed by atoms with Crippen molar-refractivity contribution in [2.24, 2.45) is 5.92 Å². The Balaban J connectivity index is 1.47. The Bertz CT molecular complexity index is 708. The Hall–Kier alpha value is -2.08. The Morgan fingerprint density at radius 2 is 2.18 bits per heavy atom. The van der Waals surface area contributed by atoms with Crippen LogP contribution in [0.25, 0.3) is 10.6 Å². The molecule has 0 amide bonds. The quantitative estimate of drug-likeness (QED) is 0.808. The third-order valence-corrected chi connectivity index (χ3v) is 5.03. The fourth-order valence-corrected chi connectivity index (χ4v) is 3.26. The second-order valence-corrected chi connectivity index (χ2v) is 6.52. The van der Waals surface area contributed by atoms with Gasteiger partial charge in [0.2, 0.25) is 6.79 Å². The Kier molecular flexibility index (Phi) is 3.46. The van der Waals surface area contributed by atoms with E-state index in [0.29, 0.717) is 23.2 Å². The van der Waals surface area contributed by atoms with Crippen molar-refractivity contribution in [3.63, 3.8) is 0 Å². The van der Waals surface area contributed by atoms with Crippen LogP contribution in [0.15, 0.2) is 24.4 Å². The van der Waals surface area contributed by atoms with Crippen LogP contribution in [0, 0.1) is 5.92 Å². The maximum absolute atomic E-state index is 12.0. The zero-order valence-electron chi connectivity index (χ0n) is 11.9. The molecule has 6 heteroatoms. The van der Waals surface area contributed by atoms with Gasteiger partial charge in [0, 0.05) is 5.56 Å². The van der Waals surface area contributed by atoms with Gasteiger partial charge in [-0.25, -0.2) is 9.78 Å². The molecule has 0 bridgehead atoms. The summed E-state index contributed by atoms with van der Waals surface area (Å²) < 4.78 is 16.0. The molecule has 1 aromatic heterocycles. The SMILES string of the molecule is O=C(OCC1CCC1)c1cnc(-c2ccc3c(c2)OCO3)s1. The zero-order valence-corrected chi connectivity index (χ0v) is 12.7. The third-order valence-electron chi connectivity index (χ3n) is 4.00. The summed E-state index contributed by atoms with van der Waals surface area (Å²) in [5.41, 5.74) is 0.910. The van der Waals surface area contributed by atoms with E-state index in [1.807, 2.05) is 18.2 Å². The smallest absolute Gasteiger partial charge is 0.349 e. The molecule has 114 valence electrons. The molecule has 0 spiro atoms. The maximum Gasteiger partial charge on any atom is 0.349 e. The number of fused-ring (bicyclic) bond motifs is 1. The van der Waals surface area contributed by atoms with Gasteiger partial charge in [0.05, 0.1) is 12.8 Å². The van der Waals surface area contributed by atoms with Gasteiger partial charge in [0.15, 0.2) is 11.5 Å². The van der Waals surface area contributed by atoms with Crippen molar-refractivity contribution in [2.75, 3.05) is 13.4 Å². The summed E-state index contributed by atoms with van der Waals surface area (Å²) in [5.74, 6) is 1.71. The average Bonchev–Trinajstić information content (AvgIpc) is 3.13. The lowest BCUT2D eigenvalue weighted by molar-refractivity contribution is 0.0377. The number of thiazole rings is 1. The van der Waals surface area contributed by atoms with Gasteiger partial charge in [0.1, 0.15) is 9.88 Å². The fourth-order valence-electron chi connectivity index (χ4n) is 2.46. The maximum atomic E-state index is 12.0. The molecule has 4 rings (SSSR count). The van der Waals surface area contributed by atoms with Crippen LogP contribution in [0.2, 0.25) is 0 Å². The normalized spacial score (nSPS) is 16.4. The number of hydrogen-bond donors (Lipinski definition) is 0. The predicted molar refractivity (Wildman–Crippen MR) is 81.3 cm³/mol. The minimum atomic E-state index is -0.281. The van der Waals surface area contributed by atoms with Crippen LogP contribution in [0.1, 0.15) is 28.9 Å². The van der Waals surface area contributed by atoms with Crippen molar-refractivity contribution < 1.29 is 19.0 Å². The van der Waals surface area contributed by atoms with E-state index in [1.54, 1.807) is 6.20 Å². The first-order valence-corrected chi connectivity index (χ1v) is 8.14. The van der Waals surface area contributed by atoms with E-state index in [-0.39, 0.29) is 12.8 Å². The van der Waals surface area contributed by atoms with Crippen molar-refractivity contribution in [3.8, 4) is 22.1 Å². The van der Waals surface area contributed by atoms with E-state index in [4.69, 9.17) is 14.2 Å². The number of aromatic nitrogens is 1. The van der Waals surface area contributed by atoms with Gasteiger partial charge >= 0.3 is 5.97 Å². The van der Waals surface area contributed by atoms with Crippen LogP contribution < -0.4 is 9.47 Å². The summed E-state index contributed by atoms with van der Waals surface area (Å²) in [7, 11) is 0. The second kappa shape index (κ2) is 5.61. The van der Waals surface area contributed by atoms with Crippen LogP contribution >= 0.6 is 11.3 Å². The molecular formula is C16H15NO4S. The largest absolute Gasteiger partial charge is 0.461 e. The fraction of sp³-hybridized carbons (Fsp3) is 0.375. The number of esters is 1. The lowest BCUT2D eigenvalue weighted by Crippen LogP contribution is -2.19. The first-order valence-electron chi connectivity index (χ1n) is 7.32. The zero-order chi connectivity index (χ0) is 14.9. The average molecular weight is 317 g/mol. The number of benzene rings is 1. The molecule has 0 atom stereocenters. The van der Waals surface area contributed by atoms with E-state index < -0.39 is 0 Å². The summed E-state index contributed by atoms with van der Waals surface area (Å²) in [6, 6.07) is 5.65. The molecule has 0 saturated heterocycles. The predicted octanol–water partition coefficient (Wildman–Crippen LogP) is 3.50. The lowest BCUT2D eigenvalue weighted by atomic mass is 9.86. The monoisotopic (exact) mass is 317 g/mol. The molecule has 0 unspecified atom stereocenters. The molecular weight excluding hydrogens is 302 g/mol. The van der Waals surface area contributed by atoms with Crippen LogP contribution in [0.3, 0.4) is 0 Å². The Labute approximate surface area is 131 Å². The summed E-state index contributed by atoms with van der Waals surface area (Å²) in [6.07, 6.45) is 5.15. The van der Waals surface area contributed by atoms with E-state index in [0.717, 1.165) is 16.3 Å².